The molecule has 0 spiro atoms. The second-order valence-corrected chi connectivity index (χ2v) is 6.43. The van der Waals surface area contributed by atoms with Gasteiger partial charge in [0.25, 0.3) is 0 Å². The van der Waals surface area contributed by atoms with Gasteiger partial charge in [0.2, 0.25) is 5.91 Å². The Bertz CT molecular complexity index is 470. The minimum absolute atomic E-state index is 0.0914. The second-order valence-electron chi connectivity index (χ2n) is 6.43. The van der Waals surface area contributed by atoms with Crippen molar-refractivity contribution in [3.05, 3.63) is 35.9 Å². The first-order valence-electron chi connectivity index (χ1n) is 7.89. The van der Waals surface area contributed by atoms with E-state index in [1.165, 1.54) is 0 Å². The molecular formula is C17H27N3O2. The monoisotopic (exact) mass is 305 g/mol. The number of benzene rings is 1. The number of hydrogen-bond donors (Lipinski definition) is 2. The Morgan fingerprint density at radius 3 is 2.59 bits per heavy atom. The van der Waals surface area contributed by atoms with E-state index in [2.05, 4.69) is 24.1 Å². The van der Waals surface area contributed by atoms with Gasteiger partial charge in [-0.2, -0.15) is 0 Å². The first-order chi connectivity index (χ1) is 10.5. The van der Waals surface area contributed by atoms with Crippen molar-refractivity contribution < 1.29 is 9.53 Å². The van der Waals surface area contributed by atoms with Gasteiger partial charge in [-0.15, -0.1) is 0 Å². The van der Waals surface area contributed by atoms with E-state index in [0.29, 0.717) is 13.0 Å². The Morgan fingerprint density at radius 1 is 1.32 bits per heavy atom. The third-order valence-corrected chi connectivity index (χ3v) is 4.20. The lowest BCUT2D eigenvalue weighted by molar-refractivity contribution is -0.123. The van der Waals surface area contributed by atoms with Gasteiger partial charge in [-0.25, -0.2) is 0 Å². The molecule has 1 aromatic carbocycles. The fourth-order valence-electron chi connectivity index (χ4n) is 2.68. The molecule has 1 aromatic rings. The standard InChI is InChI=1S/C17H27N3O2/c1-17(2,20-8-10-22-11-9-20)13-19-16(21)15(18)12-14-6-4-3-5-7-14/h3-7,15H,8-13,18H2,1-2H3,(H,19,21)/t15-/m0/s1. The lowest BCUT2D eigenvalue weighted by Gasteiger charge is -2.41. The second kappa shape index (κ2) is 7.72. The number of carbonyl (C=O) groups is 1. The molecule has 0 bridgehead atoms. The normalized spacial score (nSPS) is 18.0. The van der Waals surface area contributed by atoms with Crippen molar-refractivity contribution in [2.75, 3.05) is 32.8 Å². The molecule has 1 amide bonds. The largest absolute Gasteiger partial charge is 0.379 e. The SMILES string of the molecule is CC(C)(CNC(=O)[C@@H](N)Cc1ccccc1)N1CCOCC1. The molecule has 122 valence electrons. The molecule has 22 heavy (non-hydrogen) atoms. The van der Waals surface area contributed by atoms with E-state index >= 15 is 0 Å². The lowest BCUT2D eigenvalue weighted by Crippen LogP contribution is -2.56. The summed E-state index contributed by atoms with van der Waals surface area (Å²) in [5.74, 6) is -0.0924. The molecule has 1 aliphatic rings. The summed E-state index contributed by atoms with van der Waals surface area (Å²) in [7, 11) is 0. The van der Waals surface area contributed by atoms with Crippen molar-refractivity contribution in [3.63, 3.8) is 0 Å². The summed E-state index contributed by atoms with van der Waals surface area (Å²) in [5.41, 5.74) is 7.00. The first-order valence-corrected chi connectivity index (χ1v) is 7.89. The Kier molecular flexibility index (Phi) is 5.94. The van der Waals surface area contributed by atoms with Crippen molar-refractivity contribution in [2.45, 2.75) is 31.8 Å². The summed E-state index contributed by atoms with van der Waals surface area (Å²) < 4.78 is 5.38. The highest BCUT2D eigenvalue weighted by Crippen LogP contribution is 2.15. The highest BCUT2D eigenvalue weighted by molar-refractivity contribution is 5.81. The Labute approximate surface area is 132 Å². The van der Waals surface area contributed by atoms with Crippen LogP contribution in [-0.4, -0.2) is 55.2 Å². The molecule has 1 aliphatic heterocycles. The maximum absolute atomic E-state index is 12.2. The van der Waals surface area contributed by atoms with Crippen molar-refractivity contribution >= 4 is 5.91 Å². The zero-order chi connectivity index (χ0) is 16.0. The summed E-state index contributed by atoms with van der Waals surface area (Å²) in [6.45, 7) is 8.19. The maximum Gasteiger partial charge on any atom is 0.237 e. The van der Waals surface area contributed by atoms with E-state index in [-0.39, 0.29) is 11.4 Å². The number of ether oxygens (including phenoxy) is 1. The van der Waals surface area contributed by atoms with E-state index in [1.54, 1.807) is 0 Å². The molecule has 5 heteroatoms. The third kappa shape index (κ3) is 4.80. The van der Waals surface area contributed by atoms with Crippen LogP contribution in [0, 0.1) is 0 Å². The minimum Gasteiger partial charge on any atom is -0.379 e. The summed E-state index contributed by atoms with van der Waals surface area (Å²) in [4.78, 5) is 14.5. The fourth-order valence-corrected chi connectivity index (χ4v) is 2.68. The number of rotatable bonds is 6. The van der Waals surface area contributed by atoms with Gasteiger partial charge in [0, 0.05) is 25.2 Å². The van der Waals surface area contributed by atoms with Crippen LogP contribution in [0.4, 0.5) is 0 Å². The van der Waals surface area contributed by atoms with E-state index < -0.39 is 6.04 Å². The molecule has 1 fully saturated rings. The number of nitrogens with one attached hydrogen (secondary N) is 1. The van der Waals surface area contributed by atoms with Crippen LogP contribution >= 0.6 is 0 Å². The van der Waals surface area contributed by atoms with Crippen LogP contribution in [-0.2, 0) is 16.0 Å². The first kappa shape index (κ1) is 16.9. The van der Waals surface area contributed by atoms with Crippen LogP contribution < -0.4 is 11.1 Å². The van der Waals surface area contributed by atoms with Gasteiger partial charge in [-0.05, 0) is 25.8 Å². The van der Waals surface area contributed by atoms with Crippen LogP contribution in [0.5, 0.6) is 0 Å². The van der Waals surface area contributed by atoms with Gasteiger partial charge < -0.3 is 15.8 Å². The molecule has 1 heterocycles. The van der Waals surface area contributed by atoms with Crippen LogP contribution in [0.3, 0.4) is 0 Å². The zero-order valence-electron chi connectivity index (χ0n) is 13.5. The summed E-state index contributed by atoms with van der Waals surface area (Å²) >= 11 is 0. The lowest BCUT2D eigenvalue weighted by atomic mass is 10.0. The predicted octanol–water partition coefficient (Wildman–Crippen LogP) is 0.783. The molecule has 5 nitrogen and oxygen atoms in total. The van der Waals surface area contributed by atoms with Crippen LogP contribution in [0.25, 0.3) is 0 Å². The van der Waals surface area contributed by atoms with Crippen molar-refractivity contribution in [1.29, 1.82) is 0 Å². The van der Waals surface area contributed by atoms with Crippen molar-refractivity contribution in [3.8, 4) is 0 Å². The van der Waals surface area contributed by atoms with Crippen LogP contribution in [0.15, 0.2) is 30.3 Å². The molecule has 0 aromatic heterocycles. The van der Waals surface area contributed by atoms with E-state index in [0.717, 1.165) is 31.9 Å². The maximum atomic E-state index is 12.2. The minimum atomic E-state index is -0.511. The molecule has 0 aliphatic carbocycles. The number of nitrogens with two attached hydrogens (primary N) is 1. The number of morpholine rings is 1. The van der Waals surface area contributed by atoms with Crippen LogP contribution in [0.2, 0.25) is 0 Å². The number of nitrogens with zero attached hydrogens (tertiary/aromatic N) is 1. The van der Waals surface area contributed by atoms with Crippen LogP contribution in [0.1, 0.15) is 19.4 Å². The van der Waals surface area contributed by atoms with Gasteiger partial charge >= 0.3 is 0 Å². The molecule has 0 radical (unpaired) electrons. The number of amides is 1. The van der Waals surface area contributed by atoms with Gasteiger partial charge in [0.05, 0.1) is 19.3 Å². The van der Waals surface area contributed by atoms with Crippen molar-refractivity contribution in [2.24, 2.45) is 5.73 Å². The molecule has 1 saturated heterocycles. The van der Waals surface area contributed by atoms with Gasteiger partial charge in [-0.1, -0.05) is 30.3 Å². The zero-order valence-corrected chi connectivity index (χ0v) is 13.5. The van der Waals surface area contributed by atoms with Gasteiger partial charge in [-0.3, -0.25) is 9.69 Å². The molecule has 3 N–H and O–H groups in total. The third-order valence-electron chi connectivity index (χ3n) is 4.20. The predicted molar refractivity (Wildman–Crippen MR) is 87.6 cm³/mol. The van der Waals surface area contributed by atoms with E-state index in [9.17, 15) is 4.79 Å². The average molecular weight is 305 g/mol. The molecule has 2 rings (SSSR count). The van der Waals surface area contributed by atoms with E-state index in [1.807, 2.05) is 30.3 Å². The van der Waals surface area contributed by atoms with Gasteiger partial charge in [0.1, 0.15) is 0 Å². The average Bonchev–Trinajstić information content (AvgIpc) is 2.54. The fraction of sp³-hybridized carbons (Fsp3) is 0.588. The Balaban J connectivity index is 1.80. The van der Waals surface area contributed by atoms with Gasteiger partial charge in [0.15, 0.2) is 0 Å². The summed E-state index contributed by atoms with van der Waals surface area (Å²) in [5, 5.41) is 2.99. The highest BCUT2D eigenvalue weighted by atomic mass is 16.5. The highest BCUT2D eigenvalue weighted by Gasteiger charge is 2.29. The Morgan fingerprint density at radius 2 is 1.95 bits per heavy atom. The quantitative estimate of drug-likeness (QED) is 0.815. The molecule has 1 atom stereocenters. The van der Waals surface area contributed by atoms with E-state index in [4.69, 9.17) is 10.5 Å². The number of hydrogen-bond acceptors (Lipinski definition) is 4. The topological polar surface area (TPSA) is 67.6 Å². The summed E-state index contributed by atoms with van der Waals surface area (Å²) in [6.07, 6.45) is 0.560. The molecule has 0 unspecified atom stereocenters. The smallest absolute Gasteiger partial charge is 0.237 e. The Hall–Kier alpha value is -1.43. The molecular weight excluding hydrogens is 278 g/mol. The van der Waals surface area contributed by atoms with Crippen molar-refractivity contribution in [1.82, 2.24) is 10.2 Å². The molecule has 0 saturated carbocycles. The number of carbonyl (C=O) groups excluding carboxylic acids is 1. The summed E-state index contributed by atoms with van der Waals surface area (Å²) in [6, 6.07) is 9.35.